The number of nitrogens with zero attached hydrogens (tertiary/aromatic N) is 2. The number of aliphatic hydroxyl groups excluding tert-OH is 1. The summed E-state index contributed by atoms with van der Waals surface area (Å²) in [6.07, 6.45) is 13.9. The van der Waals surface area contributed by atoms with E-state index in [-0.39, 0.29) is 12.8 Å². The monoisotopic (exact) mass is 424 g/mol. The summed E-state index contributed by atoms with van der Waals surface area (Å²) in [4.78, 5) is 4.77. The third-order valence-corrected chi connectivity index (χ3v) is 5.70. The van der Waals surface area contributed by atoms with E-state index in [2.05, 4.69) is 27.8 Å². The molecule has 8 heteroatoms. The number of hydrogen-bond donors (Lipinski definition) is 2. The molecule has 1 aliphatic heterocycles. The highest BCUT2D eigenvalue weighted by molar-refractivity contribution is 7.80. The third-order valence-electron chi connectivity index (χ3n) is 5.17. The van der Waals surface area contributed by atoms with Crippen LogP contribution in [0, 0.1) is 0 Å². The maximum Gasteiger partial charge on any atom is 0.397 e. The highest BCUT2D eigenvalue weighted by Crippen LogP contribution is 2.22. The number of rotatable bonds is 14. The zero-order chi connectivity index (χ0) is 21.4. The van der Waals surface area contributed by atoms with Gasteiger partial charge in [-0.1, -0.05) is 71.6 Å². The van der Waals surface area contributed by atoms with E-state index in [0.717, 1.165) is 19.6 Å². The SMILES string of the molecule is CCCCCCCCCCCC1N(CC)CCN1C(C)O.CCOS(=O)(=O)O. The summed E-state index contributed by atoms with van der Waals surface area (Å²) in [5.74, 6) is 0. The number of hydrogen-bond acceptors (Lipinski definition) is 6. The summed E-state index contributed by atoms with van der Waals surface area (Å²) in [5.41, 5.74) is 0. The van der Waals surface area contributed by atoms with Crippen molar-refractivity contribution in [3.05, 3.63) is 0 Å². The van der Waals surface area contributed by atoms with Crippen molar-refractivity contribution in [1.82, 2.24) is 9.80 Å². The zero-order valence-electron chi connectivity index (χ0n) is 18.5. The number of unbranched alkanes of at least 4 members (excludes halogenated alkanes) is 8. The van der Waals surface area contributed by atoms with Gasteiger partial charge in [0.25, 0.3) is 0 Å². The van der Waals surface area contributed by atoms with Gasteiger partial charge in [-0.25, -0.2) is 4.18 Å². The highest BCUT2D eigenvalue weighted by Gasteiger charge is 2.32. The van der Waals surface area contributed by atoms with Gasteiger partial charge >= 0.3 is 10.4 Å². The average molecular weight is 425 g/mol. The molecule has 0 aliphatic carbocycles. The van der Waals surface area contributed by atoms with Gasteiger partial charge in [-0.2, -0.15) is 8.42 Å². The van der Waals surface area contributed by atoms with Crippen LogP contribution in [0.5, 0.6) is 0 Å². The molecule has 0 saturated carbocycles. The van der Waals surface area contributed by atoms with Gasteiger partial charge in [0.2, 0.25) is 0 Å². The molecule has 7 nitrogen and oxygen atoms in total. The van der Waals surface area contributed by atoms with Crippen molar-refractivity contribution in [1.29, 1.82) is 0 Å². The molecule has 2 N–H and O–H groups in total. The van der Waals surface area contributed by atoms with E-state index in [9.17, 15) is 13.5 Å². The van der Waals surface area contributed by atoms with Gasteiger partial charge in [-0.3, -0.25) is 14.4 Å². The molecule has 0 amide bonds. The van der Waals surface area contributed by atoms with Crippen LogP contribution in [0.4, 0.5) is 0 Å². The van der Waals surface area contributed by atoms with Gasteiger partial charge in [0.05, 0.1) is 12.8 Å². The Morgan fingerprint density at radius 1 is 0.964 bits per heavy atom. The van der Waals surface area contributed by atoms with Crippen molar-refractivity contribution in [2.75, 3.05) is 26.2 Å². The molecule has 0 aromatic carbocycles. The Labute approximate surface area is 173 Å². The maximum absolute atomic E-state index is 9.88. The lowest BCUT2D eigenvalue weighted by Gasteiger charge is -2.31. The van der Waals surface area contributed by atoms with Crippen molar-refractivity contribution in [2.45, 2.75) is 104 Å². The van der Waals surface area contributed by atoms with E-state index in [4.69, 9.17) is 4.55 Å². The van der Waals surface area contributed by atoms with Crippen LogP contribution in [-0.2, 0) is 14.6 Å². The first-order chi connectivity index (χ1) is 13.3. The third kappa shape index (κ3) is 13.8. The van der Waals surface area contributed by atoms with Crippen molar-refractivity contribution in [3.63, 3.8) is 0 Å². The molecule has 1 aliphatic rings. The molecule has 1 fully saturated rings. The predicted octanol–water partition coefficient (Wildman–Crippen LogP) is 4.03. The van der Waals surface area contributed by atoms with Crippen LogP contribution in [0.1, 0.15) is 91.9 Å². The summed E-state index contributed by atoms with van der Waals surface area (Å²) in [6, 6.07) is 0. The maximum atomic E-state index is 9.88. The first-order valence-electron chi connectivity index (χ1n) is 11.1. The van der Waals surface area contributed by atoms with Crippen LogP contribution in [0.25, 0.3) is 0 Å². The summed E-state index contributed by atoms with van der Waals surface area (Å²) in [6.45, 7) is 11.1. The van der Waals surface area contributed by atoms with E-state index in [1.165, 1.54) is 71.1 Å². The van der Waals surface area contributed by atoms with Gasteiger partial charge in [0.15, 0.2) is 0 Å². The first-order valence-corrected chi connectivity index (χ1v) is 12.4. The second-order valence-corrected chi connectivity index (χ2v) is 8.52. The van der Waals surface area contributed by atoms with Crippen molar-refractivity contribution >= 4 is 10.4 Å². The molecule has 0 aromatic rings. The molecule has 1 saturated heterocycles. The predicted molar refractivity (Wildman–Crippen MR) is 114 cm³/mol. The molecule has 2 atom stereocenters. The average Bonchev–Trinajstić information content (AvgIpc) is 3.03. The van der Waals surface area contributed by atoms with Crippen LogP contribution >= 0.6 is 0 Å². The Kier molecular flexibility index (Phi) is 16.4. The molecule has 2 unspecified atom stereocenters. The van der Waals surface area contributed by atoms with Gasteiger partial charge in [0, 0.05) is 13.1 Å². The summed E-state index contributed by atoms with van der Waals surface area (Å²) < 4.78 is 30.7. The highest BCUT2D eigenvalue weighted by atomic mass is 32.3. The standard InChI is InChI=1S/C18H38N2O.C2H6O4S/c1-4-6-7-8-9-10-11-12-13-14-18-19(5-2)15-16-20(18)17(3)21;1-2-6-7(3,4)5/h17-18,21H,4-16H2,1-3H3;2H2,1H3,(H,3,4,5). The van der Waals surface area contributed by atoms with Gasteiger partial charge in [0.1, 0.15) is 6.23 Å². The van der Waals surface area contributed by atoms with Gasteiger partial charge in [-0.15, -0.1) is 0 Å². The molecule has 0 bridgehead atoms. The smallest absolute Gasteiger partial charge is 0.379 e. The Morgan fingerprint density at radius 3 is 1.89 bits per heavy atom. The van der Waals surface area contributed by atoms with Gasteiger partial charge < -0.3 is 5.11 Å². The Balaban J connectivity index is 0.000000887. The van der Waals surface area contributed by atoms with Crippen LogP contribution < -0.4 is 0 Å². The lowest BCUT2D eigenvalue weighted by atomic mass is 10.1. The van der Waals surface area contributed by atoms with E-state index < -0.39 is 10.4 Å². The lowest BCUT2D eigenvalue weighted by molar-refractivity contribution is -0.0191. The minimum absolute atomic E-state index is 0.0289. The molecule has 28 heavy (non-hydrogen) atoms. The summed E-state index contributed by atoms with van der Waals surface area (Å²) >= 11 is 0. The zero-order valence-corrected chi connectivity index (χ0v) is 19.3. The van der Waals surface area contributed by atoms with Crippen molar-refractivity contribution < 1.29 is 22.3 Å². The fraction of sp³-hybridized carbons (Fsp3) is 1.00. The van der Waals surface area contributed by atoms with Crippen LogP contribution in [0.2, 0.25) is 0 Å². The normalized spacial score (nSPS) is 19.4. The van der Waals surface area contributed by atoms with Crippen LogP contribution in [0.3, 0.4) is 0 Å². The Hall–Kier alpha value is -0.250. The minimum atomic E-state index is -4.17. The molecule has 1 heterocycles. The number of likely N-dealkylation sites (N-methyl/N-ethyl adjacent to an activating group) is 1. The molecular formula is C20H44N2O5S. The fourth-order valence-electron chi connectivity index (χ4n) is 3.69. The molecule has 1 rings (SSSR count). The summed E-state index contributed by atoms with van der Waals surface area (Å²) in [7, 11) is -4.17. The summed E-state index contributed by atoms with van der Waals surface area (Å²) in [5, 5.41) is 9.88. The Bertz CT molecular complexity index is 460. The number of aliphatic hydroxyl groups is 1. The van der Waals surface area contributed by atoms with Crippen molar-refractivity contribution in [3.8, 4) is 0 Å². The molecule has 0 radical (unpaired) electrons. The minimum Gasteiger partial charge on any atom is -0.379 e. The molecule has 0 aromatic heterocycles. The van der Waals surface area contributed by atoms with Gasteiger partial charge in [-0.05, 0) is 26.8 Å². The molecule has 170 valence electrons. The van der Waals surface area contributed by atoms with Crippen LogP contribution in [0.15, 0.2) is 0 Å². The topological polar surface area (TPSA) is 90.3 Å². The quantitative estimate of drug-likeness (QED) is 0.321. The van der Waals surface area contributed by atoms with E-state index >= 15 is 0 Å². The van der Waals surface area contributed by atoms with Crippen LogP contribution in [-0.4, -0.2) is 66.5 Å². The fourth-order valence-corrected chi connectivity index (χ4v) is 3.99. The molecule has 0 spiro atoms. The van der Waals surface area contributed by atoms with Crippen molar-refractivity contribution in [2.24, 2.45) is 0 Å². The second-order valence-electron chi connectivity index (χ2n) is 7.43. The molecular weight excluding hydrogens is 380 g/mol. The second kappa shape index (κ2) is 16.5. The first kappa shape index (κ1) is 27.8. The van der Waals surface area contributed by atoms with E-state index in [0.29, 0.717) is 6.17 Å². The lowest BCUT2D eigenvalue weighted by Crippen LogP contribution is -2.43. The van der Waals surface area contributed by atoms with E-state index in [1.54, 1.807) is 0 Å². The Morgan fingerprint density at radius 2 is 1.50 bits per heavy atom. The van der Waals surface area contributed by atoms with E-state index in [1.807, 2.05) is 6.92 Å². The largest absolute Gasteiger partial charge is 0.397 e.